The fourth-order valence-electron chi connectivity index (χ4n) is 4.33. The van der Waals surface area contributed by atoms with Crippen LogP contribution in [0.4, 0.5) is 0 Å². The van der Waals surface area contributed by atoms with E-state index in [-0.39, 0.29) is 12.7 Å². The minimum Gasteiger partial charge on any atom is -0.493 e. The van der Waals surface area contributed by atoms with Crippen molar-refractivity contribution in [2.24, 2.45) is 11.8 Å². The van der Waals surface area contributed by atoms with Crippen LogP contribution in [0.1, 0.15) is 5.56 Å². The number of rotatable bonds is 8. The second-order valence-corrected chi connectivity index (χ2v) is 8.07. The Morgan fingerprint density at radius 3 is 2.52 bits per heavy atom. The molecule has 4 rings (SSSR count). The Morgan fingerprint density at radius 2 is 1.85 bits per heavy atom. The van der Waals surface area contributed by atoms with E-state index in [0.29, 0.717) is 29.9 Å². The van der Waals surface area contributed by atoms with E-state index < -0.39 is 6.10 Å². The van der Waals surface area contributed by atoms with Crippen LogP contribution in [0.3, 0.4) is 0 Å². The summed E-state index contributed by atoms with van der Waals surface area (Å²) in [6.07, 6.45) is -0.726. The molecular weight excluding hydrogens is 348 g/mol. The number of hydrogen-bond acceptors (Lipinski definition) is 7. The van der Waals surface area contributed by atoms with Gasteiger partial charge < -0.3 is 24.4 Å². The molecule has 0 radical (unpaired) electrons. The lowest BCUT2D eigenvalue weighted by Crippen LogP contribution is -2.49. The second kappa shape index (κ2) is 8.32. The predicted molar refractivity (Wildman–Crippen MR) is 100 cm³/mol. The number of likely N-dealkylation sites (tertiary alicyclic amines) is 2. The van der Waals surface area contributed by atoms with Crippen LogP contribution in [0.15, 0.2) is 18.2 Å². The summed E-state index contributed by atoms with van der Waals surface area (Å²) in [6, 6.07) is 5.87. The summed E-state index contributed by atoms with van der Waals surface area (Å²) in [5, 5.41) is 19.8. The van der Waals surface area contributed by atoms with Gasteiger partial charge in [-0.3, -0.25) is 9.80 Å². The first-order valence-electron chi connectivity index (χ1n) is 9.79. The van der Waals surface area contributed by atoms with Crippen molar-refractivity contribution in [1.29, 1.82) is 0 Å². The van der Waals surface area contributed by atoms with Crippen LogP contribution in [-0.4, -0.2) is 91.9 Å². The Bertz CT molecular complexity index is 625. The zero-order valence-electron chi connectivity index (χ0n) is 15.9. The highest BCUT2D eigenvalue weighted by atomic mass is 16.5. The quantitative estimate of drug-likeness (QED) is 0.669. The molecule has 27 heavy (non-hydrogen) atoms. The van der Waals surface area contributed by atoms with Crippen molar-refractivity contribution in [3.8, 4) is 11.5 Å². The molecule has 150 valence electrons. The molecule has 3 aliphatic rings. The molecular formula is C20H30N2O5. The van der Waals surface area contributed by atoms with E-state index in [4.69, 9.17) is 14.2 Å². The van der Waals surface area contributed by atoms with Crippen LogP contribution in [-0.2, 0) is 11.3 Å². The van der Waals surface area contributed by atoms with Crippen LogP contribution < -0.4 is 9.47 Å². The van der Waals surface area contributed by atoms with E-state index >= 15 is 0 Å². The van der Waals surface area contributed by atoms with E-state index in [1.165, 1.54) is 0 Å². The third-order valence-corrected chi connectivity index (χ3v) is 5.79. The summed E-state index contributed by atoms with van der Waals surface area (Å²) < 4.78 is 16.8. The van der Waals surface area contributed by atoms with Gasteiger partial charge in [0.1, 0.15) is 12.7 Å². The SMILES string of the molecule is COc1cc(CN2CC(O)C2)ccc1OCC(O)CN1C[C@H]2COC[C@H]2C1. The van der Waals surface area contributed by atoms with Crippen molar-refractivity contribution < 1.29 is 24.4 Å². The lowest BCUT2D eigenvalue weighted by Gasteiger charge is -2.35. The van der Waals surface area contributed by atoms with Gasteiger partial charge in [-0.2, -0.15) is 0 Å². The molecule has 0 aromatic heterocycles. The van der Waals surface area contributed by atoms with Gasteiger partial charge in [-0.15, -0.1) is 0 Å². The third kappa shape index (κ3) is 4.55. The molecule has 3 atom stereocenters. The molecule has 0 saturated carbocycles. The molecule has 7 heteroatoms. The zero-order chi connectivity index (χ0) is 18.8. The normalized spacial score (nSPS) is 27.4. The topological polar surface area (TPSA) is 74.6 Å². The second-order valence-electron chi connectivity index (χ2n) is 8.07. The van der Waals surface area contributed by atoms with Crippen LogP contribution in [0.2, 0.25) is 0 Å². The average molecular weight is 378 g/mol. The Balaban J connectivity index is 1.25. The number of benzene rings is 1. The minimum atomic E-state index is -0.531. The van der Waals surface area contributed by atoms with Gasteiger partial charge in [0.2, 0.25) is 0 Å². The summed E-state index contributed by atoms with van der Waals surface area (Å²) in [6.45, 7) is 6.82. The highest BCUT2D eigenvalue weighted by molar-refractivity contribution is 5.43. The summed E-state index contributed by atoms with van der Waals surface area (Å²) in [5.41, 5.74) is 1.12. The van der Waals surface area contributed by atoms with Gasteiger partial charge in [0, 0.05) is 51.1 Å². The Kier molecular flexibility index (Phi) is 5.85. The molecule has 1 aromatic carbocycles. The maximum Gasteiger partial charge on any atom is 0.161 e. The number of aliphatic hydroxyl groups is 2. The van der Waals surface area contributed by atoms with E-state index in [0.717, 1.165) is 51.5 Å². The van der Waals surface area contributed by atoms with Crippen molar-refractivity contribution in [3.63, 3.8) is 0 Å². The highest BCUT2D eigenvalue weighted by Crippen LogP contribution is 2.30. The van der Waals surface area contributed by atoms with Crippen molar-refractivity contribution in [2.45, 2.75) is 18.8 Å². The lowest BCUT2D eigenvalue weighted by atomic mass is 10.0. The average Bonchev–Trinajstić information content (AvgIpc) is 3.20. The maximum absolute atomic E-state index is 10.4. The molecule has 7 nitrogen and oxygen atoms in total. The summed E-state index contributed by atoms with van der Waals surface area (Å²) >= 11 is 0. The summed E-state index contributed by atoms with van der Waals surface area (Å²) in [4.78, 5) is 4.49. The number of hydrogen-bond donors (Lipinski definition) is 2. The first-order chi connectivity index (χ1) is 13.1. The lowest BCUT2D eigenvalue weighted by molar-refractivity contribution is -0.00290. The zero-order valence-corrected chi connectivity index (χ0v) is 15.9. The Hall–Kier alpha value is -1.38. The molecule has 2 N–H and O–H groups in total. The van der Waals surface area contributed by atoms with Gasteiger partial charge >= 0.3 is 0 Å². The van der Waals surface area contributed by atoms with Gasteiger partial charge in [0.15, 0.2) is 11.5 Å². The maximum atomic E-state index is 10.4. The van der Waals surface area contributed by atoms with E-state index in [1.807, 2.05) is 18.2 Å². The number of nitrogens with zero attached hydrogens (tertiary/aromatic N) is 2. The Labute approximate surface area is 160 Å². The van der Waals surface area contributed by atoms with E-state index in [2.05, 4.69) is 9.80 Å². The van der Waals surface area contributed by atoms with Gasteiger partial charge in [-0.25, -0.2) is 0 Å². The molecule has 3 saturated heterocycles. The largest absolute Gasteiger partial charge is 0.493 e. The van der Waals surface area contributed by atoms with Crippen molar-refractivity contribution in [2.75, 3.05) is 59.7 Å². The van der Waals surface area contributed by atoms with E-state index in [9.17, 15) is 10.2 Å². The molecule has 3 heterocycles. The first kappa shape index (κ1) is 19.0. The fourth-order valence-corrected chi connectivity index (χ4v) is 4.33. The highest BCUT2D eigenvalue weighted by Gasteiger charge is 2.37. The molecule has 3 aliphatic heterocycles. The molecule has 0 amide bonds. The van der Waals surface area contributed by atoms with Crippen LogP contribution in [0.25, 0.3) is 0 Å². The molecule has 1 aromatic rings. The summed E-state index contributed by atoms with van der Waals surface area (Å²) in [5.74, 6) is 2.57. The van der Waals surface area contributed by atoms with Gasteiger partial charge in [0.25, 0.3) is 0 Å². The van der Waals surface area contributed by atoms with E-state index in [1.54, 1.807) is 7.11 Å². The predicted octanol–water partition coefficient (Wildman–Crippen LogP) is 0.190. The smallest absolute Gasteiger partial charge is 0.161 e. The number of aliphatic hydroxyl groups excluding tert-OH is 2. The van der Waals surface area contributed by atoms with Gasteiger partial charge in [0.05, 0.1) is 26.4 Å². The standard InChI is InChI=1S/C20H30N2O5/c1-25-20-4-14(5-21-8-17(23)9-21)2-3-19(20)27-13-18(24)10-22-6-15-11-26-12-16(15)7-22/h2-4,15-18,23-24H,5-13H2,1H3/t15-,16+,18?. The van der Waals surface area contributed by atoms with Crippen molar-refractivity contribution in [1.82, 2.24) is 9.80 Å². The fraction of sp³-hybridized carbons (Fsp3) is 0.700. The molecule has 0 bridgehead atoms. The summed E-state index contributed by atoms with van der Waals surface area (Å²) in [7, 11) is 1.63. The molecule has 0 aliphatic carbocycles. The number of ether oxygens (including phenoxy) is 3. The minimum absolute atomic E-state index is 0.196. The molecule has 1 unspecified atom stereocenters. The van der Waals surface area contributed by atoms with Crippen LogP contribution in [0.5, 0.6) is 11.5 Å². The monoisotopic (exact) mass is 378 g/mol. The molecule has 3 fully saturated rings. The van der Waals surface area contributed by atoms with Gasteiger partial charge in [-0.1, -0.05) is 6.07 Å². The Morgan fingerprint density at radius 1 is 1.11 bits per heavy atom. The van der Waals surface area contributed by atoms with Crippen LogP contribution in [0, 0.1) is 11.8 Å². The number of β-amino-alcohol motifs (C(OH)–C–C–N with tert-alkyl or cyclic N) is 2. The third-order valence-electron chi connectivity index (χ3n) is 5.79. The number of fused-ring (bicyclic) bond motifs is 1. The van der Waals surface area contributed by atoms with Gasteiger partial charge in [-0.05, 0) is 17.7 Å². The van der Waals surface area contributed by atoms with Crippen molar-refractivity contribution >= 4 is 0 Å². The first-order valence-corrected chi connectivity index (χ1v) is 9.79. The van der Waals surface area contributed by atoms with Crippen molar-refractivity contribution in [3.05, 3.63) is 23.8 Å². The number of methoxy groups -OCH3 is 1. The van der Waals surface area contributed by atoms with Crippen LogP contribution >= 0.6 is 0 Å². The molecule has 0 spiro atoms.